The Hall–Kier alpha value is -3.14. The van der Waals surface area contributed by atoms with Gasteiger partial charge in [0, 0.05) is 73.2 Å². The number of hydrogen-bond donors (Lipinski definition) is 1. The molecular weight excluding hydrogens is 422 g/mol. The first-order valence-electron chi connectivity index (χ1n) is 11.4. The van der Waals surface area contributed by atoms with Crippen molar-refractivity contribution in [2.75, 3.05) is 70.7 Å². The highest BCUT2D eigenvalue weighted by atomic mass is 16.6. The Bertz CT molecular complexity index is 1070. The van der Waals surface area contributed by atoms with Crippen molar-refractivity contribution in [3.63, 3.8) is 0 Å². The molecular formula is C24H29N5O4. The third-order valence-corrected chi connectivity index (χ3v) is 5.86. The molecule has 0 spiro atoms. The largest absolute Gasteiger partial charge is 0.476 e. The summed E-state index contributed by atoms with van der Waals surface area (Å²) in [5.41, 5.74) is 3.01. The number of anilines is 1. The third-order valence-electron chi connectivity index (χ3n) is 5.86. The Morgan fingerprint density at radius 2 is 1.76 bits per heavy atom. The molecule has 0 aliphatic carbocycles. The smallest absolute Gasteiger partial charge is 0.254 e. The number of pyridine rings is 1. The van der Waals surface area contributed by atoms with Crippen molar-refractivity contribution in [3.8, 4) is 11.8 Å². The van der Waals surface area contributed by atoms with E-state index in [2.05, 4.69) is 24.9 Å². The lowest BCUT2D eigenvalue weighted by Gasteiger charge is -2.29. The van der Waals surface area contributed by atoms with Crippen LogP contribution in [-0.2, 0) is 9.47 Å². The molecule has 0 unspecified atom stereocenters. The van der Waals surface area contributed by atoms with Gasteiger partial charge in [-0.05, 0) is 6.07 Å². The maximum Gasteiger partial charge on any atom is 0.254 e. The molecule has 0 saturated carbocycles. The van der Waals surface area contributed by atoms with Crippen LogP contribution in [0.3, 0.4) is 0 Å². The second kappa shape index (κ2) is 10.7. The van der Waals surface area contributed by atoms with E-state index in [1.165, 1.54) is 0 Å². The molecule has 1 N–H and O–H groups in total. The number of rotatable bonds is 8. The molecule has 0 bridgehead atoms. The molecule has 174 valence electrons. The number of oxime groups is 1. The van der Waals surface area contributed by atoms with Crippen molar-refractivity contribution >= 4 is 22.8 Å². The van der Waals surface area contributed by atoms with E-state index in [0.29, 0.717) is 31.6 Å². The second-order valence-electron chi connectivity index (χ2n) is 8.02. The van der Waals surface area contributed by atoms with Gasteiger partial charge in [-0.25, -0.2) is 0 Å². The van der Waals surface area contributed by atoms with E-state index >= 15 is 0 Å². The van der Waals surface area contributed by atoms with Crippen molar-refractivity contribution in [2.24, 2.45) is 5.16 Å². The number of hydrogen-bond acceptors (Lipinski definition) is 8. The molecule has 2 fully saturated rings. The van der Waals surface area contributed by atoms with Crippen LogP contribution in [-0.4, -0.2) is 86.8 Å². The van der Waals surface area contributed by atoms with Gasteiger partial charge in [0.05, 0.1) is 32.6 Å². The Kier molecular flexibility index (Phi) is 7.00. The summed E-state index contributed by atoms with van der Waals surface area (Å²) in [6.45, 7) is 7.83. The molecule has 0 atom stereocenters. The van der Waals surface area contributed by atoms with Crippen LogP contribution >= 0.6 is 0 Å². The molecule has 0 amide bonds. The predicted octanol–water partition coefficient (Wildman–Crippen LogP) is 2.52. The van der Waals surface area contributed by atoms with E-state index in [0.717, 1.165) is 68.1 Å². The van der Waals surface area contributed by atoms with Crippen LogP contribution in [0.4, 0.5) is 5.69 Å². The lowest BCUT2D eigenvalue weighted by molar-refractivity contribution is 0.0319. The summed E-state index contributed by atoms with van der Waals surface area (Å²) in [5, 5.41) is 5.28. The van der Waals surface area contributed by atoms with E-state index in [4.69, 9.17) is 19.0 Å². The lowest BCUT2D eigenvalue weighted by atomic mass is 10.2. The molecule has 1 aromatic carbocycles. The molecule has 2 aliphatic heterocycles. The van der Waals surface area contributed by atoms with Crippen LogP contribution in [0.5, 0.6) is 11.8 Å². The molecule has 0 radical (unpaired) electrons. The number of morpholine rings is 2. The fourth-order valence-electron chi connectivity index (χ4n) is 4.03. The Labute approximate surface area is 192 Å². The van der Waals surface area contributed by atoms with Crippen molar-refractivity contribution in [2.45, 2.75) is 0 Å². The zero-order valence-corrected chi connectivity index (χ0v) is 18.6. The van der Waals surface area contributed by atoms with E-state index < -0.39 is 0 Å². The standard InChI is InChI=1S/C24H29N5O4/c1-2-4-22-21(3-1)19(17-25-22)18-26-33-24-16-20(29-8-12-31-13-9-29)15-23(27-24)32-14-7-28-5-10-30-11-6-28/h1-4,15-18,25H,5-14H2. The molecule has 2 aromatic heterocycles. The summed E-state index contributed by atoms with van der Waals surface area (Å²) in [7, 11) is 0. The zero-order valence-electron chi connectivity index (χ0n) is 18.6. The Balaban J connectivity index is 1.28. The maximum atomic E-state index is 6.00. The third kappa shape index (κ3) is 5.62. The average Bonchev–Trinajstić information content (AvgIpc) is 3.28. The number of fused-ring (bicyclic) bond motifs is 1. The molecule has 9 heteroatoms. The van der Waals surface area contributed by atoms with Gasteiger partial charge in [-0.1, -0.05) is 23.4 Å². The van der Waals surface area contributed by atoms with Crippen molar-refractivity contribution in [3.05, 3.63) is 48.2 Å². The topological polar surface area (TPSA) is 84.4 Å². The fourth-order valence-corrected chi connectivity index (χ4v) is 4.03. The number of para-hydroxylation sites is 1. The highest BCUT2D eigenvalue weighted by Crippen LogP contribution is 2.26. The average molecular weight is 452 g/mol. The van der Waals surface area contributed by atoms with E-state index in [1.807, 2.05) is 42.6 Å². The Morgan fingerprint density at radius 3 is 2.61 bits per heavy atom. The molecule has 33 heavy (non-hydrogen) atoms. The Morgan fingerprint density at radius 1 is 1.00 bits per heavy atom. The molecule has 2 saturated heterocycles. The first kappa shape index (κ1) is 21.7. The van der Waals surface area contributed by atoms with Gasteiger partial charge in [0.1, 0.15) is 6.61 Å². The minimum Gasteiger partial charge on any atom is -0.476 e. The number of benzene rings is 1. The van der Waals surface area contributed by atoms with Crippen LogP contribution in [0.15, 0.2) is 47.8 Å². The van der Waals surface area contributed by atoms with Gasteiger partial charge in [-0.15, -0.1) is 0 Å². The number of ether oxygens (including phenoxy) is 3. The second-order valence-corrected chi connectivity index (χ2v) is 8.02. The van der Waals surface area contributed by atoms with Gasteiger partial charge >= 0.3 is 0 Å². The van der Waals surface area contributed by atoms with Crippen LogP contribution in [0.1, 0.15) is 5.56 Å². The predicted molar refractivity (Wildman–Crippen MR) is 127 cm³/mol. The summed E-state index contributed by atoms with van der Waals surface area (Å²) in [6.07, 6.45) is 3.61. The summed E-state index contributed by atoms with van der Waals surface area (Å²) < 4.78 is 16.9. The molecule has 2 aliphatic rings. The number of nitrogens with one attached hydrogen (secondary N) is 1. The summed E-state index contributed by atoms with van der Waals surface area (Å²) in [4.78, 5) is 18.0. The molecule has 9 nitrogen and oxygen atoms in total. The van der Waals surface area contributed by atoms with Crippen molar-refractivity contribution in [1.82, 2.24) is 14.9 Å². The highest BCUT2D eigenvalue weighted by Gasteiger charge is 2.16. The van der Waals surface area contributed by atoms with Crippen LogP contribution in [0.2, 0.25) is 0 Å². The van der Waals surface area contributed by atoms with E-state index in [9.17, 15) is 0 Å². The van der Waals surface area contributed by atoms with E-state index in [-0.39, 0.29) is 0 Å². The summed E-state index contributed by atoms with van der Waals surface area (Å²) >= 11 is 0. The van der Waals surface area contributed by atoms with Gasteiger partial charge in [0.25, 0.3) is 5.88 Å². The van der Waals surface area contributed by atoms with Gasteiger partial charge in [-0.3, -0.25) is 4.90 Å². The summed E-state index contributed by atoms with van der Waals surface area (Å²) in [5.74, 6) is 0.931. The number of H-pyrrole nitrogens is 1. The van der Waals surface area contributed by atoms with Crippen LogP contribution in [0.25, 0.3) is 10.9 Å². The van der Waals surface area contributed by atoms with Gasteiger partial charge in [0.2, 0.25) is 5.88 Å². The minimum absolute atomic E-state index is 0.399. The monoisotopic (exact) mass is 451 g/mol. The first-order chi connectivity index (χ1) is 16.3. The van der Waals surface area contributed by atoms with Gasteiger partial charge in [0.15, 0.2) is 0 Å². The lowest BCUT2D eigenvalue weighted by Crippen LogP contribution is -2.38. The van der Waals surface area contributed by atoms with Gasteiger partial charge in [-0.2, -0.15) is 4.98 Å². The summed E-state index contributed by atoms with van der Waals surface area (Å²) in [6, 6.07) is 11.9. The maximum absolute atomic E-state index is 6.00. The molecule has 5 rings (SSSR count). The van der Waals surface area contributed by atoms with Gasteiger partial charge < -0.3 is 28.9 Å². The number of aromatic nitrogens is 2. The van der Waals surface area contributed by atoms with Crippen molar-refractivity contribution in [1.29, 1.82) is 0 Å². The quantitative estimate of drug-likeness (QED) is 0.416. The minimum atomic E-state index is 0.399. The normalized spacial score (nSPS) is 17.6. The number of aromatic amines is 1. The first-order valence-corrected chi connectivity index (χ1v) is 11.4. The molecule has 4 heterocycles. The SMILES string of the molecule is C(=NOc1cc(N2CCOCC2)cc(OCCN2CCOCC2)n1)c1c[nH]c2ccccc12. The fraction of sp³-hybridized carbons (Fsp3) is 0.417. The molecule has 3 aromatic rings. The van der Waals surface area contributed by atoms with Crippen LogP contribution in [0, 0.1) is 0 Å². The highest BCUT2D eigenvalue weighted by molar-refractivity contribution is 5.98. The van der Waals surface area contributed by atoms with E-state index in [1.54, 1.807) is 6.21 Å². The van der Waals surface area contributed by atoms with Crippen LogP contribution < -0.4 is 14.5 Å². The zero-order chi connectivity index (χ0) is 22.3. The van der Waals surface area contributed by atoms with Crippen molar-refractivity contribution < 1.29 is 19.0 Å². The number of nitrogens with zero attached hydrogens (tertiary/aromatic N) is 4.